The molecular formula is C18H18N2O4. The zero-order valence-electron chi connectivity index (χ0n) is 13.2. The van der Waals surface area contributed by atoms with Crippen LogP contribution in [0.4, 0.5) is 5.69 Å². The lowest BCUT2D eigenvalue weighted by molar-refractivity contribution is -0.426. The van der Waals surface area contributed by atoms with E-state index in [0.717, 1.165) is 0 Å². The van der Waals surface area contributed by atoms with E-state index >= 15 is 0 Å². The normalized spacial score (nSPS) is 12.3. The zero-order chi connectivity index (χ0) is 17.4. The van der Waals surface area contributed by atoms with Gasteiger partial charge in [-0.2, -0.15) is 0 Å². The third-order valence-electron chi connectivity index (χ3n) is 3.23. The van der Waals surface area contributed by atoms with Crippen molar-refractivity contribution in [1.82, 2.24) is 0 Å². The summed E-state index contributed by atoms with van der Waals surface area (Å²) in [5, 5.41) is 14.4. The van der Waals surface area contributed by atoms with Crippen LogP contribution in [0.2, 0.25) is 0 Å². The van der Waals surface area contributed by atoms with Crippen LogP contribution in [0.25, 0.3) is 6.08 Å². The maximum atomic E-state index is 12.3. The predicted molar refractivity (Wildman–Crippen MR) is 91.9 cm³/mol. The monoisotopic (exact) mass is 326 g/mol. The molecule has 0 heterocycles. The fourth-order valence-electron chi connectivity index (χ4n) is 2.14. The molecule has 6 heteroatoms. The van der Waals surface area contributed by atoms with Gasteiger partial charge in [-0.3, -0.25) is 10.1 Å². The molecule has 0 saturated carbocycles. The minimum absolute atomic E-state index is 0.141. The van der Waals surface area contributed by atoms with E-state index in [-0.39, 0.29) is 12.3 Å². The van der Waals surface area contributed by atoms with E-state index in [4.69, 9.17) is 4.74 Å². The molecule has 1 atom stereocenters. The maximum Gasteiger partial charge on any atom is 0.339 e. The van der Waals surface area contributed by atoms with Crippen LogP contribution in [0, 0.1) is 10.1 Å². The van der Waals surface area contributed by atoms with Crippen LogP contribution >= 0.6 is 0 Å². The summed E-state index contributed by atoms with van der Waals surface area (Å²) < 4.78 is 5.00. The molecule has 6 nitrogen and oxygen atoms in total. The van der Waals surface area contributed by atoms with E-state index in [9.17, 15) is 14.9 Å². The van der Waals surface area contributed by atoms with Crippen LogP contribution in [-0.2, 0) is 9.53 Å². The van der Waals surface area contributed by atoms with Gasteiger partial charge in [-0.1, -0.05) is 48.5 Å². The third-order valence-corrected chi connectivity index (χ3v) is 3.23. The van der Waals surface area contributed by atoms with Gasteiger partial charge in [0.15, 0.2) is 0 Å². The zero-order valence-corrected chi connectivity index (χ0v) is 13.2. The second-order valence-corrected chi connectivity index (χ2v) is 4.93. The van der Waals surface area contributed by atoms with Gasteiger partial charge in [-0.25, -0.2) is 4.79 Å². The molecule has 0 aromatic heterocycles. The molecule has 0 fully saturated rings. The van der Waals surface area contributed by atoms with Crippen LogP contribution in [0.1, 0.15) is 12.5 Å². The summed E-state index contributed by atoms with van der Waals surface area (Å²) >= 11 is 0. The second kappa shape index (κ2) is 8.47. The molecule has 0 amide bonds. The van der Waals surface area contributed by atoms with E-state index in [1.807, 2.05) is 12.1 Å². The molecule has 0 radical (unpaired) electrons. The van der Waals surface area contributed by atoms with Gasteiger partial charge in [0.05, 0.1) is 11.5 Å². The van der Waals surface area contributed by atoms with Crippen molar-refractivity contribution >= 4 is 17.7 Å². The van der Waals surface area contributed by atoms with Gasteiger partial charge in [0.1, 0.15) is 0 Å². The smallest absolute Gasteiger partial charge is 0.339 e. The molecule has 1 N–H and O–H groups in total. The Hall–Kier alpha value is -3.15. The number of nitrogens with one attached hydrogen (secondary N) is 1. The Kier molecular flexibility index (Phi) is 6.08. The summed E-state index contributed by atoms with van der Waals surface area (Å²) in [7, 11) is 0. The van der Waals surface area contributed by atoms with E-state index in [0.29, 0.717) is 11.3 Å². The Balaban J connectivity index is 2.39. The number of hydrogen-bond donors (Lipinski definition) is 1. The van der Waals surface area contributed by atoms with Crippen molar-refractivity contribution in [3.63, 3.8) is 0 Å². The van der Waals surface area contributed by atoms with Crippen LogP contribution in [0.3, 0.4) is 0 Å². The summed E-state index contributed by atoms with van der Waals surface area (Å²) in [6, 6.07) is 16.4. The largest absolute Gasteiger partial charge is 0.464 e. The van der Waals surface area contributed by atoms with Gasteiger partial charge in [-0.05, 0) is 24.6 Å². The molecule has 124 valence electrons. The van der Waals surface area contributed by atoms with Gasteiger partial charge >= 0.3 is 5.97 Å². The number of carbonyl (C=O) groups is 1. The van der Waals surface area contributed by atoms with Gasteiger partial charge in [0, 0.05) is 11.8 Å². The average molecular weight is 326 g/mol. The molecule has 2 aromatic carbocycles. The van der Waals surface area contributed by atoms with Crippen LogP contribution in [0.5, 0.6) is 0 Å². The first-order chi connectivity index (χ1) is 11.6. The average Bonchev–Trinajstić information content (AvgIpc) is 2.60. The van der Waals surface area contributed by atoms with Crippen molar-refractivity contribution in [2.24, 2.45) is 0 Å². The third kappa shape index (κ3) is 4.67. The Morgan fingerprint density at radius 1 is 1.17 bits per heavy atom. The Morgan fingerprint density at radius 3 is 2.29 bits per heavy atom. The summed E-state index contributed by atoms with van der Waals surface area (Å²) in [5.74, 6) is -0.694. The summed E-state index contributed by atoms with van der Waals surface area (Å²) in [4.78, 5) is 23.2. The summed E-state index contributed by atoms with van der Waals surface area (Å²) in [6.45, 7) is 1.80. The molecule has 0 aliphatic rings. The lowest BCUT2D eigenvalue weighted by atomic mass is 10.1. The molecule has 0 unspecified atom stereocenters. The number of carbonyl (C=O) groups excluding carboxylic acids is 1. The van der Waals surface area contributed by atoms with E-state index in [1.54, 1.807) is 55.5 Å². The minimum atomic E-state index is -1.21. The number of para-hydroxylation sites is 1. The molecule has 2 rings (SSSR count). The van der Waals surface area contributed by atoms with Crippen molar-refractivity contribution in [2.75, 3.05) is 11.9 Å². The van der Waals surface area contributed by atoms with Crippen molar-refractivity contribution in [3.05, 3.63) is 82.0 Å². The Morgan fingerprint density at radius 2 is 1.75 bits per heavy atom. The number of hydrogen-bond acceptors (Lipinski definition) is 5. The fraction of sp³-hybridized carbons (Fsp3) is 0.167. The van der Waals surface area contributed by atoms with E-state index in [2.05, 4.69) is 5.32 Å². The highest BCUT2D eigenvalue weighted by molar-refractivity contribution is 5.84. The molecule has 2 aromatic rings. The first-order valence-corrected chi connectivity index (χ1v) is 7.51. The van der Waals surface area contributed by atoms with Crippen molar-refractivity contribution in [1.29, 1.82) is 0 Å². The minimum Gasteiger partial charge on any atom is -0.464 e. The van der Waals surface area contributed by atoms with Crippen LogP contribution in [-0.4, -0.2) is 23.5 Å². The van der Waals surface area contributed by atoms with Gasteiger partial charge in [0.2, 0.25) is 6.04 Å². The van der Waals surface area contributed by atoms with Crippen molar-refractivity contribution < 1.29 is 14.5 Å². The Labute approximate surface area is 139 Å². The van der Waals surface area contributed by atoms with Gasteiger partial charge in [-0.15, -0.1) is 0 Å². The van der Waals surface area contributed by atoms with E-state index < -0.39 is 16.9 Å². The second-order valence-electron chi connectivity index (χ2n) is 4.93. The first kappa shape index (κ1) is 17.2. The molecule has 0 bridgehead atoms. The lowest BCUT2D eigenvalue weighted by Gasteiger charge is -2.16. The standard InChI is InChI=1S/C18H18N2O4/c1-2-24-18(21)17(19-15-11-7-4-8-12-15)16(20(22)23)13-14-9-5-3-6-10-14/h3-13,17,19H,2H2,1H3/b16-13+/t17-/m0/s1. The first-order valence-electron chi connectivity index (χ1n) is 7.51. The summed E-state index contributed by atoms with van der Waals surface area (Å²) in [5.41, 5.74) is 0.952. The topological polar surface area (TPSA) is 81.5 Å². The fourth-order valence-corrected chi connectivity index (χ4v) is 2.14. The molecule has 0 saturated heterocycles. The van der Waals surface area contributed by atoms with Crippen LogP contribution < -0.4 is 5.32 Å². The van der Waals surface area contributed by atoms with Crippen molar-refractivity contribution in [3.8, 4) is 0 Å². The number of rotatable bonds is 7. The molecule has 0 aliphatic heterocycles. The predicted octanol–water partition coefficient (Wildman–Crippen LogP) is 3.35. The molecular weight excluding hydrogens is 308 g/mol. The highest BCUT2D eigenvalue weighted by Gasteiger charge is 2.33. The number of ether oxygens (including phenoxy) is 1. The number of nitro groups is 1. The van der Waals surface area contributed by atoms with Gasteiger partial charge < -0.3 is 10.1 Å². The number of esters is 1. The quantitative estimate of drug-likeness (QED) is 0.479. The Bertz CT molecular complexity index is 714. The number of anilines is 1. The maximum absolute atomic E-state index is 12.3. The highest BCUT2D eigenvalue weighted by atomic mass is 16.6. The lowest BCUT2D eigenvalue weighted by Crippen LogP contribution is -2.36. The molecule has 24 heavy (non-hydrogen) atoms. The van der Waals surface area contributed by atoms with E-state index in [1.165, 1.54) is 6.08 Å². The highest BCUT2D eigenvalue weighted by Crippen LogP contribution is 2.17. The number of benzene rings is 2. The SMILES string of the molecule is CCOC(=O)[C@@H](Nc1ccccc1)/C(=C\c1ccccc1)[N+](=O)[O-]. The molecule has 0 spiro atoms. The summed E-state index contributed by atoms with van der Waals surface area (Å²) in [6.07, 6.45) is 1.37. The molecule has 0 aliphatic carbocycles. The van der Waals surface area contributed by atoms with Crippen molar-refractivity contribution in [2.45, 2.75) is 13.0 Å². The van der Waals surface area contributed by atoms with Gasteiger partial charge in [0.25, 0.3) is 5.70 Å². The number of nitrogens with zero attached hydrogens (tertiary/aromatic N) is 1. The van der Waals surface area contributed by atoms with Crippen LogP contribution in [0.15, 0.2) is 66.4 Å².